The van der Waals surface area contributed by atoms with Crippen LogP contribution >= 0.6 is 0 Å². The maximum absolute atomic E-state index is 4.32. The normalized spacial score (nSPS) is 11.3. The molecule has 0 unspecified atom stereocenters. The van der Waals surface area contributed by atoms with Gasteiger partial charge in [-0.05, 0) is 96.8 Å². The van der Waals surface area contributed by atoms with E-state index in [1.54, 1.807) is 0 Å². The largest absolute Gasteiger partial charge is 0.314 e. The molecule has 44 heavy (non-hydrogen) atoms. The van der Waals surface area contributed by atoms with Crippen LogP contribution in [0.5, 0.6) is 0 Å². The molecule has 3 nitrogen and oxygen atoms in total. The summed E-state index contributed by atoms with van der Waals surface area (Å²) < 4.78 is 2.36. The van der Waals surface area contributed by atoms with Crippen LogP contribution < -0.4 is 4.90 Å². The molecular weight excluding hydrogens is 534 g/mol. The van der Waals surface area contributed by atoms with Crippen molar-refractivity contribution in [1.82, 2.24) is 9.55 Å². The highest BCUT2D eigenvalue weighted by Gasteiger charge is 2.14. The first-order valence-corrected chi connectivity index (χ1v) is 15.0. The van der Waals surface area contributed by atoms with Crippen molar-refractivity contribution >= 4 is 40.1 Å². The molecule has 0 N–H and O–H groups in total. The lowest BCUT2D eigenvalue weighted by Gasteiger charge is -2.26. The molecule has 0 amide bonds. The maximum atomic E-state index is 4.32. The first-order chi connectivity index (χ1) is 21.7. The van der Waals surface area contributed by atoms with Crippen LogP contribution in [0.1, 0.15) is 22.4 Å². The number of benzene rings is 5. The third kappa shape index (κ3) is 5.32. The molecule has 212 valence electrons. The van der Waals surface area contributed by atoms with Crippen molar-refractivity contribution in [3.05, 3.63) is 174 Å². The molecule has 0 aliphatic heterocycles. The lowest BCUT2D eigenvalue weighted by Crippen LogP contribution is -2.09. The van der Waals surface area contributed by atoms with Gasteiger partial charge in [-0.2, -0.15) is 0 Å². The van der Waals surface area contributed by atoms with E-state index in [4.69, 9.17) is 0 Å². The molecule has 0 radical (unpaired) electrons. The molecule has 5 aromatic carbocycles. The van der Waals surface area contributed by atoms with Gasteiger partial charge in [0.25, 0.3) is 0 Å². The molecule has 0 aliphatic rings. The first-order valence-electron chi connectivity index (χ1n) is 15.0. The van der Waals surface area contributed by atoms with Gasteiger partial charge in [0, 0.05) is 51.8 Å². The standard InChI is InChI=1S/C41H33N3/c1-30-31(2)43(36-13-5-3-6-14-36)41-27-33(22-25-40(30)41)19-18-32-20-23-38(24-21-32)44(37-15-7-4-8-16-37)39-17-9-11-34(28-39)35-12-10-26-42-29-35/h3-29H,1-2H3. The molecule has 0 atom stereocenters. The zero-order valence-corrected chi connectivity index (χ0v) is 24.9. The Morgan fingerprint density at radius 2 is 1.23 bits per heavy atom. The summed E-state index contributed by atoms with van der Waals surface area (Å²) in [6.45, 7) is 4.41. The fourth-order valence-corrected chi connectivity index (χ4v) is 5.92. The second-order valence-electron chi connectivity index (χ2n) is 11.0. The minimum Gasteiger partial charge on any atom is -0.314 e. The van der Waals surface area contributed by atoms with E-state index < -0.39 is 0 Å². The Hall–Kier alpha value is -5.67. The third-order valence-electron chi connectivity index (χ3n) is 8.29. The Balaban J connectivity index is 1.20. The van der Waals surface area contributed by atoms with Crippen LogP contribution in [0.25, 0.3) is 39.9 Å². The van der Waals surface area contributed by atoms with Crippen molar-refractivity contribution in [1.29, 1.82) is 0 Å². The predicted molar refractivity (Wildman–Crippen MR) is 186 cm³/mol. The van der Waals surface area contributed by atoms with Gasteiger partial charge in [-0.1, -0.05) is 91.0 Å². The number of rotatable bonds is 7. The molecule has 2 heterocycles. The van der Waals surface area contributed by atoms with Crippen LogP contribution in [0.4, 0.5) is 17.1 Å². The predicted octanol–water partition coefficient (Wildman–Crippen LogP) is 10.9. The Bertz CT molecular complexity index is 2060. The van der Waals surface area contributed by atoms with Gasteiger partial charge in [0.1, 0.15) is 0 Å². The molecule has 7 aromatic rings. The van der Waals surface area contributed by atoms with Crippen LogP contribution in [0.3, 0.4) is 0 Å². The van der Waals surface area contributed by atoms with Crippen LogP contribution in [0, 0.1) is 13.8 Å². The van der Waals surface area contributed by atoms with Gasteiger partial charge >= 0.3 is 0 Å². The average molecular weight is 568 g/mol. The van der Waals surface area contributed by atoms with Gasteiger partial charge in [0.05, 0.1) is 5.52 Å². The minimum absolute atomic E-state index is 1.10. The lowest BCUT2D eigenvalue weighted by atomic mass is 10.1. The van der Waals surface area contributed by atoms with E-state index in [1.807, 2.05) is 18.5 Å². The van der Waals surface area contributed by atoms with E-state index in [0.717, 1.165) is 33.8 Å². The molecule has 7 rings (SSSR count). The van der Waals surface area contributed by atoms with E-state index in [9.17, 15) is 0 Å². The lowest BCUT2D eigenvalue weighted by molar-refractivity contribution is 1.04. The fourth-order valence-electron chi connectivity index (χ4n) is 5.92. The second-order valence-corrected chi connectivity index (χ2v) is 11.0. The first kappa shape index (κ1) is 27.2. The average Bonchev–Trinajstić information content (AvgIpc) is 3.34. The molecular formula is C41H33N3. The van der Waals surface area contributed by atoms with Crippen molar-refractivity contribution < 1.29 is 0 Å². The number of aryl methyl sites for hydroxylation is 1. The van der Waals surface area contributed by atoms with Crippen LogP contribution in [0.15, 0.2) is 152 Å². The van der Waals surface area contributed by atoms with Gasteiger partial charge in [0.2, 0.25) is 0 Å². The monoisotopic (exact) mass is 567 g/mol. The number of pyridine rings is 1. The number of hydrogen-bond acceptors (Lipinski definition) is 2. The number of para-hydroxylation sites is 2. The molecule has 0 saturated heterocycles. The Morgan fingerprint density at radius 1 is 0.568 bits per heavy atom. The molecule has 0 fully saturated rings. The smallest absolute Gasteiger partial charge is 0.0540 e. The summed E-state index contributed by atoms with van der Waals surface area (Å²) >= 11 is 0. The third-order valence-corrected chi connectivity index (χ3v) is 8.29. The molecule has 0 aliphatic carbocycles. The van der Waals surface area contributed by atoms with E-state index >= 15 is 0 Å². The topological polar surface area (TPSA) is 21.1 Å². The van der Waals surface area contributed by atoms with Crippen molar-refractivity contribution in [2.75, 3.05) is 4.90 Å². The van der Waals surface area contributed by atoms with Gasteiger partial charge in [-0.15, -0.1) is 0 Å². The summed E-state index contributed by atoms with van der Waals surface area (Å²) in [5, 5.41) is 1.29. The number of hydrogen-bond donors (Lipinski definition) is 0. The number of aromatic nitrogens is 2. The SMILES string of the molecule is Cc1c(C)n(-c2ccccc2)c2cc(C=Cc3ccc(N(c4ccccc4)c4cccc(-c5cccnc5)c4)cc3)ccc12. The Kier molecular flexibility index (Phi) is 7.35. The summed E-state index contributed by atoms with van der Waals surface area (Å²) in [4.78, 5) is 6.61. The Labute approximate surface area is 259 Å². The molecule has 0 spiro atoms. The molecule has 3 heteroatoms. The van der Waals surface area contributed by atoms with E-state index in [2.05, 4.69) is 174 Å². The molecule has 0 bridgehead atoms. The molecule has 0 saturated carbocycles. The summed E-state index contributed by atoms with van der Waals surface area (Å²) in [6, 6.07) is 49.3. The van der Waals surface area contributed by atoms with Crippen molar-refractivity contribution in [3.8, 4) is 16.8 Å². The highest BCUT2D eigenvalue weighted by atomic mass is 15.1. The van der Waals surface area contributed by atoms with Crippen LogP contribution in [-0.2, 0) is 0 Å². The summed E-state index contributed by atoms with van der Waals surface area (Å²) in [7, 11) is 0. The van der Waals surface area contributed by atoms with Crippen molar-refractivity contribution in [3.63, 3.8) is 0 Å². The summed E-state index contributed by atoms with van der Waals surface area (Å²) in [6.07, 6.45) is 8.11. The zero-order valence-electron chi connectivity index (χ0n) is 24.9. The number of nitrogens with zero attached hydrogens (tertiary/aromatic N) is 3. The second kappa shape index (κ2) is 11.9. The zero-order chi connectivity index (χ0) is 29.9. The molecule has 2 aromatic heterocycles. The van der Waals surface area contributed by atoms with E-state index in [1.165, 1.54) is 33.4 Å². The van der Waals surface area contributed by atoms with Gasteiger partial charge in [-0.25, -0.2) is 0 Å². The van der Waals surface area contributed by atoms with Gasteiger partial charge in [-0.3, -0.25) is 4.98 Å². The quantitative estimate of drug-likeness (QED) is 0.179. The fraction of sp³-hybridized carbons (Fsp3) is 0.0488. The highest BCUT2D eigenvalue weighted by Crippen LogP contribution is 2.36. The maximum Gasteiger partial charge on any atom is 0.0540 e. The minimum atomic E-state index is 1.10. The van der Waals surface area contributed by atoms with Crippen molar-refractivity contribution in [2.24, 2.45) is 0 Å². The Morgan fingerprint density at radius 3 is 1.98 bits per heavy atom. The van der Waals surface area contributed by atoms with Crippen molar-refractivity contribution in [2.45, 2.75) is 13.8 Å². The van der Waals surface area contributed by atoms with E-state index in [0.29, 0.717) is 0 Å². The van der Waals surface area contributed by atoms with Gasteiger partial charge in [0.15, 0.2) is 0 Å². The van der Waals surface area contributed by atoms with Crippen LogP contribution in [-0.4, -0.2) is 9.55 Å². The number of fused-ring (bicyclic) bond motifs is 1. The summed E-state index contributed by atoms with van der Waals surface area (Å²) in [5.74, 6) is 0. The van der Waals surface area contributed by atoms with Crippen LogP contribution in [0.2, 0.25) is 0 Å². The number of anilines is 3. The highest BCUT2D eigenvalue weighted by molar-refractivity contribution is 5.90. The van der Waals surface area contributed by atoms with E-state index in [-0.39, 0.29) is 0 Å². The summed E-state index contributed by atoms with van der Waals surface area (Å²) in [5.41, 5.74) is 12.9. The van der Waals surface area contributed by atoms with Gasteiger partial charge < -0.3 is 9.47 Å².